The summed E-state index contributed by atoms with van der Waals surface area (Å²) in [6, 6.07) is 19.2. The van der Waals surface area contributed by atoms with Crippen molar-refractivity contribution in [3.05, 3.63) is 82.4 Å². The highest BCUT2D eigenvalue weighted by Crippen LogP contribution is 2.21. The number of hydrogen-bond donors (Lipinski definition) is 1. The molecule has 5 nitrogen and oxygen atoms in total. The average molecular weight is 360 g/mol. The van der Waals surface area contributed by atoms with E-state index >= 15 is 0 Å². The molecule has 0 saturated heterocycles. The van der Waals surface area contributed by atoms with Crippen molar-refractivity contribution in [2.45, 2.75) is 17.8 Å². The lowest BCUT2D eigenvalue weighted by atomic mass is 10.2. The molecular formula is C20H16N4OS. The van der Waals surface area contributed by atoms with E-state index in [1.807, 2.05) is 61.5 Å². The first kappa shape index (κ1) is 16.5. The van der Waals surface area contributed by atoms with Crippen molar-refractivity contribution >= 4 is 22.7 Å². The van der Waals surface area contributed by atoms with Crippen molar-refractivity contribution in [2.75, 3.05) is 0 Å². The van der Waals surface area contributed by atoms with Crippen molar-refractivity contribution in [1.29, 1.82) is 0 Å². The molecule has 26 heavy (non-hydrogen) atoms. The van der Waals surface area contributed by atoms with Gasteiger partial charge in [-0.15, -0.1) is 0 Å². The van der Waals surface area contributed by atoms with E-state index in [4.69, 9.17) is 0 Å². The van der Waals surface area contributed by atoms with Gasteiger partial charge in [-0.2, -0.15) is 0 Å². The molecule has 0 saturated carbocycles. The molecule has 0 spiro atoms. The van der Waals surface area contributed by atoms with Gasteiger partial charge in [0.05, 0.1) is 16.6 Å². The number of para-hydroxylation sites is 1. The summed E-state index contributed by atoms with van der Waals surface area (Å²) in [6.07, 6.45) is 0. The number of aromatic nitrogens is 4. The standard InChI is InChI=1S/C20H16N4OS/c1-13-11-15(22-18(21-13)14-7-3-2-4-8-14)12-26-20-23-17-10-6-5-9-16(17)19(25)24-20/h2-11H,12H2,1H3,(H,23,24,25). The molecule has 0 amide bonds. The van der Waals surface area contributed by atoms with E-state index < -0.39 is 0 Å². The van der Waals surface area contributed by atoms with Crippen LogP contribution in [0, 0.1) is 6.92 Å². The summed E-state index contributed by atoms with van der Waals surface area (Å²) < 4.78 is 0. The van der Waals surface area contributed by atoms with Crippen LogP contribution >= 0.6 is 11.8 Å². The predicted molar refractivity (Wildman–Crippen MR) is 104 cm³/mol. The van der Waals surface area contributed by atoms with E-state index in [-0.39, 0.29) is 5.56 Å². The molecule has 1 N–H and O–H groups in total. The Morgan fingerprint density at radius 1 is 0.962 bits per heavy atom. The van der Waals surface area contributed by atoms with Crippen molar-refractivity contribution in [3.63, 3.8) is 0 Å². The zero-order valence-electron chi connectivity index (χ0n) is 14.1. The lowest BCUT2D eigenvalue weighted by Gasteiger charge is -2.06. The van der Waals surface area contributed by atoms with Crippen molar-refractivity contribution < 1.29 is 0 Å². The zero-order chi connectivity index (χ0) is 17.9. The molecule has 0 bridgehead atoms. The van der Waals surface area contributed by atoms with Gasteiger partial charge in [0.2, 0.25) is 0 Å². The summed E-state index contributed by atoms with van der Waals surface area (Å²) in [6.45, 7) is 1.96. The van der Waals surface area contributed by atoms with Gasteiger partial charge in [0.15, 0.2) is 11.0 Å². The number of aryl methyl sites for hydroxylation is 1. The first-order valence-corrected chi connectivity index (χ1v) is 9.19. The fourth-order valence-electron chi connectivity index (χ4n) is 2.70. The van der Waals surface area contributed by atoms with E-state index in [2.05, 4.69) is 19.9 Å². The number of rotatable bonds is 4. The van der Waals surface area contributed by atoms with Crippen LogP contribution in [-0.4, -0.2) is 19.9 Å². The van der Waals surface area contributed by atoms with Crippen molar-refractivity contribution in [3.8, 4) is 11.4 Å². The first-order valence-electron chi connectivity index (χ1n) is 8.21. The third-order valence-electron chi connectivity index (χ3n) is 3.89. The third-order valence-corrected chi connectivity index (χ3v) is 4.79. The number of benzene rings is 2. The second-order valence-electron chi connectivity index (χ2n) is 5.87. The van der Waals surface area contributed by atoms with Gasteiger partial charge in [-0.25, -0.2) is 15.0 Å². The molecule has 2 aromatic heterocycles. The zero-order valence-corrected chi connectivity index (χ0v) is 15.0. The molecule has 0 fully saturated rings. The molecule has 0 unspecified atom stereocenters. The minimum atomic E-state index is -0.123. The third kappa shape index (κ3) is 3.50. The van der Waals surface area contributed by atoms with Crippen LogP contribution < -0.4 is 5.56 Å². The van der Waals surface area contributed by atoms with E-state index in [1.54, 1.807) is 6.07 Å². The smallest absolute Gasteiger partial charge is 0.259 e. The van der Waals surface area contributed by atoms with E-state index in [1.165, 1.54) is 11.8 Å². The van der Waals surface area contributed by atoms with Gasteiger partial charge in [0, 0.05) is 17.0 Å². The Bertz CT molecular complexity index is 1130. The number of H-pyrrole nitrogens is 1. The number of hydrogen-bond acceptors (Lipinski definition) is 5. The van der Waals surface area contributed by atoms with Crippen LogP contribution in [0.2, 0.25) is 0 Å². The quantitative estimate of drug-likeness (QED) is 0.440. The first-order chi connectivity index (χ1) is 12.7. The maximum atomic E-state index is 12.2. The molecule has 0 aliphatic heterocycles. The van der Waals surface area contributed by atoms with Crippen LogP contribution in [0.1, 0.15) is 11.4 Å². The van der Waals surface area contributed by atoms with Gasteiger partial charge in [-0.3, -0.25) is 4.79 Å². The largest absolute Gasteiger partial charge is 0.301 e. The molecule has 0 atom stereocenters. The fraction of sp³-hybridized carbons (Fsp3) is 0.100. The number of thioether (sulfide) groups is 1. The molecule has 2 heterocycles. The molecule has 0 aliphatic carbocycles. The lowest BCUT2D eigenvalue weighted by Crippen LogP contribution is -2.09. The molecular weight excluding hydrogens is 344 g/mol. The van der Waals surface area contributed by atoms with Gasteiger partial charge >= 0.3 is 0 Å². The Balaban J connectivity index is 1.60. The Morgan fingerprint density at radius 3 is 2.58 bits per heavy atom. The van der Waals surface area contributed by atoms with Crippen LogP contribution in [-0.2, 0) is 5.75 Å². The monoisotopic (exact) mass is 360 g/mol. The maximum absolute atomic E-state index is 12.2. The van der Waals surface area contributed by atoms with Crippen molar-refractivity contribution in [1.82, 2.24) is 19.9 Å². The highest BCUT2D eigenvalue weighted by atomic mass is 32.2. The molecule has 4 rings (SSSR count). The lowest BCUT2D eigenvalue weighted by molar-refractivity contribution is 0.969. The minimum absolute atomic E-state index is 0.123. The number of nitrogens with zero attached hydrogens (tertiary/aromatic N) is 3. The SMILES string of the molecule is Cc1cc(CSc2nc3ccccc3c(=O)[nH]2)nc(-c2ccccc2)n1. The normalized spacial score (nSPS) is 11.0. The van der Waals surface area contributed by atoms with E-state index in [0.29, 0.717) is 27.6 Å². The minimum Gasteiger partial charge on any atom is -0.301 e. The molecule has 2 aromatic carbocycles. The van der Waals surface area contributed by atoms with Gasteiger partial charge in [-0.05, 0) is 25.1 Å². The summed E-state index contributed by atoms with van der Waals surface area (Å²) in [5, 5.41) is 1.19. The van der Waals surface area contributed by atoms with Crippen LogP contribution in [0.3, 0.4) is 0 Å². The second kappa shape index (κ2) is 7.09. The predicted octanol–water partition coefficient (Wildman–Crippen LogP) is 3.98. The molecule has 128 valence electrons. The van der Waals surface area contributed by atoms with Gasteiger partial charge in [0.25, 0.3) is 5.56 Å². The van der Waals surface area contributed by atoms with Crippen LogP contribution in [0.15, 0.2) is 70.6 Å². The Morgan fingerprint density at radius 2 is 1.73 bits per heavy atom. The fourth-order valence-corrected chi connectivity index (χ4v) is 3.46. The van der Waals surface area contributed by atoms with E-state index in [0.717, 1.165) is 17.0 Å². The number of aromatic amines is 1. The van der Waals surface area contributed by atoms with E-state index in [9.17, 15) is 4.79 Å². The molecule has 6 heteroatoms. The molecule has 4 aromatic rings. The van der Waals surface area contributed by atoms with Crippen LogP contribution in [0.25, 0.3) is 22.3 Å². The number of nitrogens with one attached hydrogen (secondary N) is 1. The molecule has 0 aliphatic rings. The summed E-state index contributed by atoms with van der Waals surface area (Å²) in [5.74, 6) is 1.31. The summed E-state index contributed by atoms with van der Waals surface area (Å²) in [4.78, 5) is 28.7. The van der Waals surface area contributed by atoms with Gasteiger partial charge in [-0.1, -0.05) is 54.2 Å². The highest BCUT2D eigenvalue weighted by Gasteiger charge is 2.08. The summed E-state index contributed by atoms with van der Waals surface area (Å²) in [5.41, 5.74) is 3.37. The van der Waals surface area contributed by atoms with Crippen molar-refractivity contribution in [2.24, 2.45) is 0 Å². The van der Waals surface area contributed by atoms with Gasteiger partial charge < -0.3 is 4.98 Å². The van der Waals surface area contributed by atoms with Crippen LogP contribution in [0.5, 0.6) is 0 Å². The molecule has 0 radical (unpaired) electrons. The van der Waals surface area contributed by atoms with Crippen LogP contribution in [0.4, 0.5) is 0 Å². The Kier molecular flexibility index (Phi) is 4.50. The Labute approximate surface area is 154 Å². The topological polar surface area (TPSA) is 71.5 Å². The highest BCUT2D eigenvalue weighted by molar-refractivity contribution is 7.98. The second-order valence-corrected chi connectivity index (χ2v) is 6.83. The summed E-state index contributed by atoms with van der Waals surface area (Å²) in [7, 11) is 0. The number of fused-ring (bicyclic) bond motifs is 1. The summed E-state index contributed by atoms with van der Waals surface area (Å²) >= 11 is 1.46. The average Bonchev–Trinajstić information content (AvgIpc) is 2.67. The maximum Gasteiger partial charge on any atom is 0.259 e. The Hall–Kier alpha value is -2.99. The van der Waals surface area contributed by atoms with Gasteiger partial charge in [0.1, 0.15) is 0 Å².